The first-order valence-corrected chi connectivity index (χ1v) is 7.74. The van der Waals surface area contributed by atoms with Gasteiger partial charge < -0.3 is 15.4 Å². The predicted octanol–water partition coefficient (Wildman–Crippen LogP) is 3.73. The van der Waals surface area contributed by atoms with Crippen LogP contribution in [0.15, 0.2) is 18.2 Å². The summed E-state index contributed by atoms with van der Waals surface area (Å²) in [6, 6.07) is 6.24. The normalized spacial score (nSPS) is 19.1. The first-order chi connectivity index (χ1) is 9.56. The van der Waals surface area contributed by atoms with E-state index in [1.165, 1.54) is 24.9 Å². The molecule has 0 radical (unpaired) electrons. The Kier molecular flexibility index (Phi) is 4.59. The Morgan fingerprint density at radius 3 is 2.55 bits per heavy atom. The molecule has 3 nitrogen and oxygen atoms in total. The minimum atomic E-state index is -0.0144. The van der Waals surface area contributed by atoms with Gasteiger partial charge in [0.2, 0.25) is 0 Å². The summed E-state index contributed by atoms with van der Waals surface area (Å²) in [5, 5.41) is 0. The molecule has 0 saturated carbocycles. The second-order valence-electron chi connectivity index (χ2n) is 6.06. The SMILES string of the molecule is CCC1(CC)CCN(c2cccc(OC)c2[C@@H](C)N)C1. The van der Waals surface area contributed by atoms with Crippen LogP contribution in [0.2, 0.25) is 0 Å². The Balaban J connectivity index is 2.35. The summed E-state index contributed by atoms with van der Waals surface area (Å²) in [6.45, 7) is 8.90. The monoisotopic (exact) mass is 276 g/mol. The molecule has 1 aliphatic heterocycles. The lowest BCUT2D eigenvalue weighted by molar-refractivity contribution is 0.301. The van der Waals surface area contributed by atoms with Gasteiger partial charge in [-0.15, -0.1) is 0 Å². The van der Waals surface area contributed by atoms with Gasteiger partial charge in [0.05, 0.1) is 7.11 Å². The fourth-order valence-corrected chi connectivity index (χ4v) is 3.41. The van der Waals surface area contributed by atoms with Crippen LogP contribution in [0.25, 0.3) is 0 Å². The van der Waals surface area contributed by atoms with Crippen molar-refractivity contribution in [3.63, 3.8) is 0 Å². The van der Waals surface area contributed by atoms with E-state index in [1.54, 1.807) is 7.11 Å². The van der Waals surface area contributed by atoms with Crippen LogP contribution < -0.4 is 15.4 Å². The minimum absolute atomic E-state index is 0.0144. The van der Waals surface area contributed by atoms with Crippen molar-refractivity contribution in [2.24, 2.45) is 11.1 Å². The largest absolute Gasteiger partial charge is 0.496 e. The van der Waals surface area contributed by atoms with E-state index in [-0.39, 0.29) is 6.04 Å². The highest BCUT2D eigenvalue weighted by molar-refractivity contribution is 5.61. The van der Waals surface area contributed by atoms with Gasteiger partial charge in [0.15, 0.2) is 0 Å². The molecule has 1 aliphatic rings. The van der Waals surface area contributed by atoms with Gasteiger partial charge in [0.1, 0.15) is 5.75 Å². The third-order valence-corrected chi connectivity index (χ3v) is 5.00. The molecule has 0 aromatic heterocycles. The second-order valence-corrected chi connectivity index (χ2v) is 6.06. The quantitative estimate of drug-likeness (QED) is 0.890. The highest BCUT2D eigenvalue weighted by atomic mass is 16.5. The molecule has 0 aliphatic carbocycles. The Labute approximate surface area is 123 Å². The van der Waals surface area contributed by atoms with Crippen molar-refractivity contribution in [3.8, 4) is 5.75 Å². The van der Waals surface area contributed by atoms with E-state index in [4.69, 9.17) is 10.5 Å². The van der Waals surface area contributed by atoms with Crippen LogP contribution in [0.4, 0.5) is 5.69 Å². The maximum atomic E-state index is 6.18. The molecular weight excluding hydrogens is 248 g/mol. The van der Waals surface area contributed by atoms with Crippen molar-refractivity contribution in [2.45, 2.75) is 46.1 Å². The minimum Gasteiger partial charge on any atom is -0.496 e. The molecule has 0 bridgehead atoms. The lowest BCUT2D eigenvalue weighted by Gasteiger charge is -2.29. The van der Waals surface area contributed by atoms with E-state index in [1.807, 2.05) is 13.0 Å². The third kappa shape index (κ3) is 2.64. The van der Waals surface area contributed by atoms with Gasteiger partial charge in [-0.1, -0.05) is 19.9 Å². The number of hydrogen-bond donors (Lipinski definition) is 1. The Morgan fingerprint density at radius 1 is 1.35 bits per heavy atom. The predicted molar refractivity (Wildman–Crippen MR) is 85.4 cm³/mol. The van der Waals surface area contributed by atoms with Crippen LogP contribution in [0.5, 0.6) is 5.75 Å². The summed E-state index contributed by atoms with van der Waals surface area (Å²) < 4.78 is 5.50. The first kappa shape index (κ1) is 15.2. The van der Waals surface area contributed by atoms with Crippen LogP contribution in [0.1, 0.15) is 51.6 Å². The zero-order valence-corrected chi connectivity index (χ0v) is 13.3. The van der Waals surface area contributed by atoms with Crippen molar-refractivity contribution >= 4 is 5.69 Å². The van der Waals surface area contributed by atoms with E-state index >= 15 is 0 Å². The fraction of sp³-hybridized carbons (Fsp3) is 0.647. The summed E-state index contributed by atoms with van der Waals surface area (Å²) in [5.41, 5.74) is 9.04. The van der Waals surface area contributed by atoms with Crippen molar-refractivity contribution < 1.29 is 4.74 Å². The highest BCUT2D eigenvalue weighted by Gasteiger charge is 2.36. The van der Waals surface area contributed by atoms with Crippen LogP contribution >= 0.6 is 0 Å². The Hall–Kier alpha value is -1.22. The average Bonchev–Trinajstić information content (AvgIpc) is 2.91. The average molecular weight is 276 g/mol. The molecule has 1 aromatic rings. The van der Waals surface area contributed by atoms with Gasteiger partial charge in [-0.25, -0.2) is 0 Å². The molecule has 1 heterocycles. The van der Waals surface area contributed by atoms with E-state index in [2.05, 4.69) is 30.9 Å². The van der Waals surface area contributed by atoms with Crippen LogP contribution in [0.3, 0.4) is 0 Å². The van der Waals surface area contributed by atoms with Gasteiger partial charge in [0.25, 0.3) is 0 Å². The Bertz CT molecular complexity index is 452. The number of ether oxygens (including phenoxy) is 1. The summed E-state index contributed by atoms with van der Waals surface area (Å²) in [5.74, 6) is 0.906. The van der Waals surface area contributed by atoms with Crippen LogP contribution in [-0.2, 0) is 0 Å². The van der Waals surface area contributed by atoms with Crippen molar-refractivity contribution in [1.29, 1.82) is 0 Å². The maximum absolute atomic E-state index is 6.18. The lowest BCUT2D eigenvalue weighted by Crippen LogP contribution is -2.27. The summed E-state index contributed by atoms with van der Waals surface area (Å²) in [7, 11) is 1.72. The molecule has 1 fully saturated rings. The van der Waals surface area contributed by atoms with Crippen molar-refractivity contribution in [3.05, 3.63) is 23.8 Å². The molecule has 3 heteroatoms. The number of nitrogens with zero attached hydrogens (tertiary/aromatic N) is 1. The standard InChI is InChI=1S/C17H28N2O/c1-5-17(6-2)10-11-19(12-17)14-8-7-9-15(20-4)16(14)13(3)18/h7-9,13H,5-6,10-12,18H2,1-4H3/t13-/m1/s1. The molecule has 0 unspecified atom stereocenters. The van der Waals surface area contributed by atoms with Gasteiger partial charge in [-0.3, -0.25) is 0 Å². The number of nitrogens with two attached hydrogens (primary N) is 1. The van der Waals surface area contributed by atoms with Gasteiger partial charge in [-0.2, -0.15) is 0 Å². The fourth-order valence-electron chi connectivity index (χ4n) is 3.41. The smallest absolute Gasteiger partial charge is 0.125 e. The lowest BCUT2D eigenvalue weighted by atomic mass is 9.82. The number of methoxy groups -OCH3 is 1. The van der Waals surface area contributed by atoms with E-state index in [0.717, 1.165) is 24.4 Å². The van der Waals surface area contributed by atoms with Crippen LogP contribution in [0, 0.1) is 5.41 Å². The molecule has 1 aromatic carbocycles. The zero-order valence-electron chi connectivity index (χ0n) is 13.3. The molecule has 0 amide bonds. The zero-order chi connectivity index (χ0) is 14.8. The Morgan fingerprint density at radius 2 is 2.05 bits per heavy atom. The molecule has 1 atom stereocenters. The van der Waals surface area contributed by atoms with Gasteiger partial charge in [0, 0.05) is 30.4 Å². The topological polar surface area (TPSA) is 38.5 Å². The number of anilines is 1. The number of rotatable bonds is 5. The summed E-state index contributed by atoms with van der Waals surface area (Å²) in [4.78, 5) is 2.49. The second kappa shape index (κ2) is 6.04. The number of benzene rings is 1. The molecule has 1 saturated heterocycles. The number of hydrogen-bond acceptors (Lipinski definition) is 3. The summed E-state index contributed by atoms with van der Waals surface area (Å²) in [6.07, 6.45) is 3.77. The maximum Gasteiger partial charge on any atom is 0.125 e. The van der Waals surface area contributed by atoms with Crippen molar-refractivity contribution in [2.75, 3.05) is 25.1 Å². The van der Waals surface area contributed by atoms with E-state index in [9.17, 15) is 0 Å². The molecule has 2 rings (SSSR count). The van der Waals surface area contributed by atoms with Crippen LogP contribution in [-0.4, -0.2) is 20.2 Å². The first-order valence-electron chi connectivity index (χ1n) is 7.74. The van der Waals surface area contributed by atoms with Gasteiger partial charge >= 0.3 is 0 Å². The van der Waals surface area contributed by atoms with E-state index in [0.29, 0.717) is 5.41 Å². The molecule has 20 heavy (non-hydrogen) atoms. The molecule has 112 valence electrons. The molecule has 2 N–H and O–H groups in total. The highest BCUT2D eigenvalue weighted by Crippen LogP contribution is 2.42. The molecular formula is C17H28N2O. The summed E-state index contributed by atoms with van der Waals surface area (Å²) >= 11 is 0. The molecule has 0 spiro atoms. The third-order valence-electron chi connectivity index (χ3n) is 5.00. The van der Waals surface area contributed by atoms with Crippen molar-refractivity contribution in [1.82, 2.24) is 0 Å². The van der Waals surface area contributed by atoms with Gasteiger partial charge in [-0.05, 0) is 43.7 Å². The van der Waals surface area contributed by atoms with E-state index < -0.39 is 0 Å².